The third-order valence-electron chi connectivity index (χ3n) is 4.21. The monoisotopic (exact) mass is 293 g/mol. The van der Waals surface area contributed by atoms with E-state index in [1.807, 2.05) is 24.8 Å². The number of nitrogens with zero attached hydrogens (tertiary/aromatic N) is 3. The van der Waals surface area contributed by atoms with Gasteiger partial charge in [-0.2, -0.15) is 5.10 Å². The van der Waals surface area contributed by atoms with Crippen molar-refractivity contribution in [3.8, 4) is 0 Å². The molecule has 1 N–H and O–H groups in total. The zero-order valence-electron chi connectivity index (χ0n) is 13.4. The van der Waals surface area contributed by atoms with Crippen LogP contribution in [0.15, 0.2) is 6.07 Å². The van der Waals surface area contributed by atoms with Gasteiger partial charge in [-0.15, -0.1) is 0 Å². The largest absolute Gasteiger partial charge is 0.393 e. The van der Waals surface area contributed by atoms with Gasteiger partial charge in [-0.3, -0.25) is 9.48 Å². The van der Waals surface area contributed by atoms with Gasteiger partial charge in [0.1, 0.15) is 5.69 Å². The fourth-order valence-electron chi connectivity index (χ4n) is 3.11. The van der Waals surface area contributed by atoms with Gasteiger partial charge in [0.2, 0.25) is 0 Å². The third kappa shape index (κ3) is 3.64. The number of likely N-dealkylation sites (tertiary alicyclic amines) is 1. The molecule has 1 aromatic rings. The molecule has 1 fully saturated rings. The number of amides is 1. The van der Waals surface area contributed by atoms with Crippen LogP contribution in [0, 0.1) is 0 Å². The van der Waals surface area contributed by atoms with Crippen LogP contribution in [0.4, 0.5) is 0 Å². The Kier molecular flexibility index (Phi) is 5.39. The van der Waals surface area contributed by atoms with Crippen molar-refractivity contribution >= 4 is 5.91 Å². The van der Waals surface area contributed by atoms with Crippen LogP contribution < -0.4 is 0 Å². The molecule has 21 heavy (non-hydrogen) atoms. The zero-order valence-corrected chi connectivity index (χ0v) is 13.4. The molecule has 1 aromatic heterocycles. The number of aromatic nitrogens is 2. The van der Waals surface area contributed by atoms with E-state index in [9.17, 15) is 9.90 Å². The zero-order chi connectivity index (χ0) is 15.4. The maximum Gasteiger partial charge on any atom is 0.272 e. The van der Waals surface area contributed by atoms with Gasteiger partial charge in [0.15, 0.2) is 0 Å². The van der Waals surface area contributed by atoms with Crippen molar-refractivity contribution in [1.29, 1.82) is 0 Å². The number of piperidine rings is 1. The first kappa shape index (κ1) is 16.0. The minimum atomic E-state index is -0.370. The topological polar surface area (TPSA) is 58.4 Å². The quantitative estimate of drug-likeness (QED) is 0.905. The Morgan fingerprint density at radius 3 is 2.86 bits per heavy atom. The molecule has 0 aromatic carbocycles. The Morgan fingerprint density at radius 1 is 1.48 bits per heavy atom. The standard InChI is InChI=1S/C16H27N3O2/c1-4-13-11-15(19(5-2)17-13)16(21)18-9-7-6-8-14(18)10-12(3)20/h11-12,14,20H,4-10H2,1-3H3. The Bertz CT molecular complexity index is 482. The van der Waals surface area contributed by atoms with Crippen LogP contribution in [-0.4, -0.2) is 44.4 Å². The maximum absolute atomic E-state index is 12.9. The van der Waals surface area contributed by atoms with E-state index in [4.69, 9.17) is 0 Å². The summed E-state index contributed by atoms with van der Waals surface area (Å²) in [5.74, 6) is 0.0643. The van der Waals surface area contributed by atoms with E-state index in [1.165, 1.54) is 0 Å². The number of hydrogen-bond donors (Lipinski definition) is 1. The van der Waals surface area contributed by atoms with Crippen molar-refractivity contribution in [3.05, 3.63) is 17.5 Å². The summed E-state index contributed by atoms with van der Waals surface area (Å²) in [7, 11) is 0. The lowest BCUT2D eigenvalue weighted by atomic mass is 9.97. The van der Waals surface area contributed by atoms with E-state index < -0.39 is 0 Å². The molecular formula is C16H27N3O2. The fraction of sp³-hybridized carbons (Fsp3) is 0.750. The summed E-state index contributed by atoms with van der Waals surface area (Å²) < 4.78 is 1.80. The number of carbonyl (C=O) groups is 1. The molecule has 1 saturated heterocycles. The summed E-state index contributed by atoms with van der Waals surface area (Å²) in [5, 5.41) is 14.1. The maximum atomic E-state index is 12.9. The molecule has 0 bridgehead atoms. The Morgan fingerprint density at radius 2 is 2.24 bits per heavy atom. The number of rotatable bonds is 5. The van der Waals surface area contributed by atoms with Crippen molar-refractivity contribution in [1.82, 2.24) is 14.7 Å². The minimum absolute atomic E-state index is 0.0643. The van der Waals surface area contributed by atoms with Gasteiger partial charge in [-0.25, -0.2) is 0 Å². The minimum Gasteiger partial charge on any atom is -0.393 e. The molecule has 0 saturated carbocycles. The lowest BCUT2D eigenvalue weighted by molar-refractivity contribution is 0.0503. The predicted molar refractivity (Wildman–Crippen MR) is 82.3 cm³/mol. The first-order valence-electron chi connectivity index (χ1n) is 8.12. The van der Waals surface area contributed by atoms with Crippen LogP contribution in [0.3, 0.4) is 0 Å². The number of aliphatic hydroxyl groups excluding tert-OH is 1. The average molecular weight is 293 g/mol. The van der Waals surface area contributed by atoms with Gasteiger partial charge < -0.3 is 10.0 Å². The second-order valence-electron chi connectivity index (χ2n) is 5.92. The Balaban J connectivity index is 2.22. The lowest BCUT2D eigenvalue weighted by Gasteiger charge is -2.36. The number of aryl methyl sites for hydroxylation is 2. The van der Waals surface area contributed by atoms with Crippen molar-refractivity contribution < 1.29 is 9.90 Å². The molecule has 1 aliphatic heterocycles. The number of carbonyl (C=O) groups excluding carboxylic acids is 1. The summed E-state index contributed by atoms with van der Waals surface area (Å²) in [6, 6.07) is 2.07. The summed E-state index contributed by atoms with van der Waals surface area (Å²) >= 11 is 0. The molecule has 5 heteroatoms. The van der Waals surface area contributed by atoms with Crippen LogP contribution in [0.2, 0.25) is 0 Å². The smallest absolute Gasteiger partial charge is 0.272 e. The van der Waals surface area contributed by atoms with Crippen molar-refractivity contribution in [3.63, 3.8) is 0 Å². The van der Waals surface area contributed by atoms with Gasteiger partial charge in [-0.05, 0) is 52.0 Å². The lowest BCUT2D eigenvalue weighted by Crippen LogP contribution is -2.45. The van der Waals surface area contributed by atoms with Crippen LogP contribution >= 0.6 is 0 Å². The molecule has 0 radical (unpaired) electrons. The molecule has 5 nitrogen and oxygen atoms in total. The van der Waals surface area contributed by atoms with Crippen LogP contribution in [0.5, 0.6) is 0 Å². The van der Waals surface area contributed by atoms with Crippen LogP contribution in [0.25, 0.3) is 0 Å². The van der Waals surface area contributed by atoms with E-state index in [0.717, 1.165) is 37.9 Å². The van der Waals surface area contributed by atoms with Gasteiger partial charge in [0, 0.05) is 19.1 Å². The van der Waals surface area contributed by atoms with Crippen LogP contribution in [0.1, 0.15) is 62.6 Å². The molecule has 1 amide bonds. The Hall–Kier alpha value is -1.36. The molecular weight excluding hydrogens is 266 g/mol. The van der Waals surface area contributed by atoms with E-state index in [-0.39, 0.29) is 18.1 Å². The van der Waals surface area contributed by atoms with Crippen molar-refractivity contribution in [2.45, 2.75) is 71.6 Å². The molecule has 1 aliphatic rings. The van der Waals surface area contributed by atoms with Gasteiger partial charge in [0.25, 0.3) is 5.91 Å². The molecule has 2 heterocycles. The second kappa shape index (κ2) is 7.07. The van der Waals surface area contributed by atoms with Gasteiger partial charge in [0.05, 0.1) is 11.8 Å². The first-order chi connectivity index (χ1) is 10.1. The summed E-state index contributed by atoms with van der Waals surface area (Å²) in [5.41, 5.74) is 1.65. The highest BCUT2D eigenvalue weighted by atomic mass is 16.3. The molecule has 2 unspecified atom stereocenters. The normalized spacial score (nSPS) is 20.6. The van der Waals surface area contributed by atoms with Crippen LogP contribution in [-0.2, 0) is 13.0 Å². The van der Waals surface area contributed by atoms with Crippen molar-refractivity contribution in [2.24, 2.45) is 0 Å². The van der Waals surface area contributed by atoms with E-state index >= 15 is 0 Å². The highest BCUT2D eigenvalue weighted by Crippen LogP contribution is 2.23. The third-order valence-corrected chi connectivity index (χ3v) is 4.21. The second-order valence-corrected chi connectivity index (χ2v) is 5.92. The molecule has 2 rings (SSSR count). The summed E-state index contributed by atoms with van der Waals surface area (Å²) in [6.45, 7) is 7.34. The highest BCUT2D eigenvalue weighted by molar-refractivity contribution is 5.93. The summed E-state index contributed by atoms with van der Waals surface area (Å²) in [4.78, 5) is 14.8. The number of aliphatic hydroxyl groups is 1. The van der Waals surface area contributed by atoms with Gasteiger partial charge >= 0.3 is 0 Å². The van der Waals surface area contributed by atoms with E-state index in [1.54, 1.807) is 11.6 Å². The fourth-order valence-corrected chi connectivity index (χ4v) is 3.11. The average Bonchev–Trinajstić information content (AvgIpc) is 2.90. The highest BCUT2D eigenvalue weighted by Gasteiger charge is 2.30. The first-order valence-corrected chi connectivity index (χ1v) is 8.12. The molecule has 118 valence electrons. The predicted octanol–water partition coefficient (Wildman–Crippen LogP) is 2.23. The van der Waals surface area contributed by atoms with E-state index in [2.05, 4.69) is 5.10 Å². The molecule has 0 aliphatic carbocycles. The number of hydrogen-bond acceptors (Lipinski definition) is 3. The Labute approximate surface area is 126 Å². The molecule has 0 spiro atoms. The molecule has 2 atom stereocenters. The summed E-state index contributed by atoms with van der Waals surface area (Å²) in [6.07, 6.45) is 4.29. The van der Waals surface area contributed by atoms with E-state index in [0.29, 0.717) is 18.7 Å². The van der Waals surface area contributed by atoms with Crippen molar-refractivity contribution in [2.75, 3.05) is 6.54 Å². The van der Waals surface area contributed by atoms with Gasteiger partial charge in [-0.1, -0.05) is 6.92 Å². The SMILES string of the molecule is CCc1cc(C(=O)N2CCCCC2CC(C)O)n(CC)n1.